The molecule has 0 spiro atoms. The van der Waals surface area contributed by atoms with Crippen molar-refractivity contribution in [2.24, 2.45) is 0 Å². The molecule has 0 fully saturated rings. The Morgan fingerprint density at radius 3 is 2.78 bits per heavy atom. The molecule has 0 aliphatic carbocycles. The van der Waals surface area contributed by atoms with E-state index in [-0.39, 0.29) is 36.9 Å². The molecule has 100 valence electrons. The lowest BCUT2D eigenvalue weighted by Crippen LogP contribution is -2.28. The van der Waals surface area contributed by atoms with Crippen molar-refractivity contribution in [2.45, 2.75) is 26.5 Å². The number of carbonyl (C=O) groups is 2. The van der Waals surface area contributed by atoms with Gasteiger partial charge in [0, 0.05) is 7.05 Å². The zero-order valence-corrected chi connectivity index (χ0v) is 10.5. The summed E-state index contributed by atoms with van der Waals surface area (Å²) in [7, 11) is 1.46. The van der Waals surface area contributed by atoms with E-state index in [0.29, 0.717) is 0 Å². The Hall–Kier alpha value is -1.96. The van der Waals surface area contributed by atoms with E-state index in [0.717, 1.165) is 0 Å². The number of nitrogens with one attached hydrogen (secondary N) is 2. The number of rotatable bonds is 6. The third-order valence-electron chi connectivity index (χ3n) is 1.88. The fraction of sp³-hybridized carbons (Fsp3) is 0.600. The van der Waals surface area contributed by atoms with E-state index in [2.05, 4.69) is 20.8 Å². The number of hydrogen-bond acceptors (Lipinski definition) is 6. The highest BCUT2D eigenvalue weighted by Crippen LogP contribution is 1.96. The van der Waals surface area contributed by atoms with E-state index in [4.69, 9.17) is 9.26 Å². The molecular formula is C10H16N4O4. The molecule has 0 saturated heterocycles. The van der Waals surface area contributed by atoms with Crippen molar-refractivity contribution in [1.82, 2.24) is 20.8 Å². The molecule has 2 N–H and O–H groups in total. The summed E-state index contributed by atoms with van der Waals surface area (Å²) >= 11 is 0. The molecule has 0 aromatic carbocycles. The summed E-state index contributed by atoms with van der Waals surface area (Å²) in [5, 5.41) is 8.35. The van der Waals surface area contributed by atoms with Crippen LogP contribution in [0.2, 0.25) is 0 Å². The maximum atomic E-state index is 11.3. The molecule has 8 heteroatoms. The fourth-order valence-corrected chi connectivity index (χ4v) is 0.998. The Balaban J connectivity index is 2.37. The quantitative estimate of drug-likeness (QED) is 0.708. The van der Waals surface area contributed by atoms with Crippen LogP contribution in [0.3, 0.4) is 0 Å². The SMILES string of the molecule is CNC(=O)c1noc(CNC(=O)COC(C)C)n1. The fourth-order valence-electron chi connectivity index (χ4n) is 0.998. The van der Waals surface area contributed by atoms with E-state index < -0.39 is 5.91 Å². The van der Waals surface area contributed by atoms with Gasteiger partial charge in [-0.05, 0) is 13.8 Å². The van der Waals surface area contributed by atoms with Gasteiger partial charge in [-0.15, -0.1) is 0 Å². The molecule has 0 radical (unpaired) electrons. The van der Waals surface area contributed by atoms with E-state index in [1.54, 1.807) is 0 Å². The number of carbonyl (C=O) groups excluding carboxylic acids is 2. The molecular weight excluding hydrogens is 240 g/mol. The van der Waals surface area contributed by atoms with Crippen molar-refractivity contribution in [1.29, 1.82) is 0 Å². The van der Waals surface area contributed by atoms with E-state index in [1.807, 2.05) is 13.8 Å². The minimum absolute atomic E-state index is 0.0148. The third-order valence-corrected chi connectivity index (χ3v) is 1.88. The first-order valence-electron chi connectivity index (χ1n) is 5.46. The van der Waals surface area contributed by atoms with Gasteiger partial charge < -0.3 is 19.9 Å². The summed E-state index contributed by atoms with van der Waals surface area (Å²) in [4.78, 5) is 26.3. The molecule has 0 atom stereocenters. The Bertz CT molecular complexity index is 416. The monoisotopic (exact) mass is 256 g/mol. The van der Waals surface area contributed by atoms with Gasteiger partial charge in [0.1, 0.15) is 6.61 Å². The topological polar surface area (TPSA) is 106 Å². The van der Waals surface area contributed by atoms with Crippen molar-refractivity contribution in [3.63, 3.8) is 0 Å². The standard InChI is InChI=1S/C10H16N4O4/c1-6(2)17-5-7(15)12-4-8-13-9(14-18-8)10(16)11-3/h6H,4-5H2,1-3H3,(H,11,16)(H,12,15). The van der Waals surface area contributed by atoms with Gasteiger partial charge in [-0.2, -0.15) is 4.98 Å². The summed E-state index contributed by atoms with van der Waals surface area (Å²) < 4.78 is 9.90. The molecule has 1 heterocycles. The average Bonchev–Trinajstić information content (AvgIpc) is 2.81. The van der Waals surface area contributed by atoms with Crippen molar-refractivity contribution in [2.75, 3.05) is 13.7 Å². The molecule has 1 aromatic rings. The second kappa shape index (κ2) is 6.70. The molecule has 0 saturated carbocycles. The highest BCUT2D eigenvalue weighted by molar-refractivity contribution is 5.89. The zero-order valence-electron chi connectivity index (χ0n) is 10.5. The van der Waals surface area contributed by atoms with Gasteiger partial charge in [-0.1, -0.05) is 5.16 Å². The maximum absolute atomic E-state index is 11.3. The van der Waals surface area contributed by atoms with E-state index in [9.17, 15) is 9.59 Å². The highest BCUT2D eigenvalue weighted by atomic mass is 16.5. The number of ether oxygens (including phenoxy) is 1. The molecule has 0 unspecified atom stereocenters. The van der Waals surface area contributed by atoms with Crippen LogP contribution < -0.4 is 10.6 Å². The van der Waals surface area contributed by atoms with Gasteiger partial charge in [0.05, 0.1) is 12.6 Å². The summed E-state index contributed by atoms with van der Waals surface area (Å²) in [5.74, 6) is -0.644. The smallest absolute Gasteiger partial charge is 0.292 e. The minimum atomic E-state index is -0.445. The van der Waals surface area contributed by atoms with Gasteiger partial charge in [0.15, 0.2) is 0 Å². The predicted molar refractivity (Wildman–Crippen MR) is 60.6 cm³/mol. The van der Waals surface area contributed by atoms with Gasteiger partial charge >= 0.3 is 0 Å². The normalized spacial score (nSPS) is 10.4. The Kier molecular flexibility index (Phi) is 5.25. The van der Waals surface area contributed by atoms with Crippen LogP contribution in [0.4, 0.5) is 0 Å². The Morgan fingerprint density at radius 2 is 2.17 bits per heavy atom. The number of hydrogen-bond donors (Lipinski definition) is 2. The summed E-state index contributed by atoms with van der Waals surface area (Å²) in [5.41, 5.74) is 0. The van der Waals surface area contributed by atoms with Crippen molar-refractivity contribution >= 4 is 11.8 Å². The van der Waals surface area contributed by atoms with Gasteiger partial charge in [0.2, 0.25) is 11.8 Å². The van der Waals surface area contributed by atoms with Crippen LogP contribution in [0, 0.1) is 0 Å². The van der Waals surface area contributed by atoms with Crippen LogP contribution in [0.15, 0.2) is 4.52 Å². The van der Waals surface area contributed by atoms with Gasteiger partial charge in [-0.3, -0.25) is 9.59 Å². The average molecular weight is 256 g/mol. The number of aromatic nitrogens is 2. The lowest BCUT2D eigenvalue weighted by Gasteiger charge is -2.06. The van der Waals surface area contributed by atoms with Crippen LogP contribution in [-0.4, -0.2) is 41.7 Å². The van der Waals surface area contributed by atoms with E-state index in [1.165, 1.54) is 7.05 Å². The van der Waals surface area contributed by atoms with Crippen molar-refractivity contribution in [3.05, 3.63) is 11.7 Å². The van der Waals surface area contributed by atoms with Crippen molar-refractivity contribution < 1.29 is 18.8 Å². The molecule has 1 rings (SSSR count). The molecule has 1 aromatic heterocycles. The van der Waals surface area contributed by atoms with Gasteiger partial charge in [0.25, 0.3) is 11.7 Å². The molecule has 8 nitrogen and oxygen atoms in total. The van der Waals surface area contributed by atoms with E-state index >= 15 is 0 Å². The Labute approximate surface area is 104 Å². The zero-order chi connectivity index (χ0) is 13.5. The van der Waals surface area contributed by atoms with Crippen LogP contribution in [-0.2, 0) is 16.1 Å². The number of nitrogens with zero attached hydrogens (tertiary/aromatic N) is 2. The highest BCUT2D eigenvalue weighted by Gasteiger charge is 2.13. The first-order valence-corrected chi connectivity index (χ1v) is 5.46. The first-order chi connectivity index (χ1) is 8.52. The molecule has 0 aliphatic heterocycles. The largest absolute Gasteiger partial charge is 0.369 e. The van der Waals surface area contributed by atoms with Crippen LogP contribution >= 0.6 is 0 Å². The summed E-state index contributed by atoms with van der Waals surface area (Å²) in [6.45, 7) is 3.69. The van der Waals surface area contributed by atoms with Gasteiger partial charge in [-0.25, -0.2) is 0 Å². The summed E-state index contributed by atoms with van der Waals surface area (Å²) in [6.07, 6.45) is -0.0148. The number of amides is 2. The predicted octanol–water partition coefficient (Wildman–Crippen LogP) is -0.530. The molecule has 0 bridgehead atoms. The minimum Gasteiger partial charge on any atom is -0.369 e. The van der Waals surface area contributed by atoms with Crippen LogP contribution in [0.25, 0.3) is 0 Å². The molecule has 0 aliphatic rings. The molecule has 18 heavy (non-hydrogen) atoms. The Morgan fingerprint density at radius 1 is 1.44 bits per heavy atom. The first kappa shape index (κ1) is 14.1. The maximum Gasteiger partial charge on any atom is 0.292 e. The van der Waals surface area contributed by atoms with Crippen LogP contribution in [0.1, 0.15) is 30.4 Å². The van der Waals surface area contributed by atoms with Crippen LogP contribution in [0.5, 0.6) is 0 Å². The lowest BCUT2D eigenvalue weighted by molar-refractivity contribution is -0.127. The lowest BCUT2D eigenvalue weighted by atomic mass is 10.5. The summed E-state index contributed by atoms with van der Waals surface area (Å²) in [6, 6.07) is 0. The second-order valence-corrected chi connectivity index (χ2v) is 3.73. The molecule has 2 amide bonds. The second-order valence-electron chi connectivity index (χ2n) is 3.73. The van der Waals surface area contributed by atoms with Crippen molar-refractivity contribution in [3.8, 4) is 0 Å². The third kappa shape index (κ3) is 4.50.